The monoisotopic (exact) mass is 327 g/mol. The van der Waals surface area contributed by atoms with Crippen molar-refractivity contribution in [2.75, 3.05) is 0 Å². The maximum absolute atomic E-state index is 12.4. The molecular weight excluding hydrogens is 310 g/mol. The molecule has 0 amide bonds. The molecule has 8 heteroatoms. The normalized spacial score (nSPS) is 13.2. The lowest BCUT2D eigenvalue weighted by molar-refractivity contribution is 0.0660. The van der Waals surface area contributed by atoms with Gasteiger partial charge in [0.25, 0.3) is 0 Å². The van der Waals surface area contributed by atoms with Crippen molar-refractivity contribution in [2.24, 2.45) is 0 Å². The molecule has 22 heavy (non-hydrogen) atoms. The van der Waals surface area contributed by atoms with Crippen LogP contribution in [-0.2, 0) is 22.9 Å². The van der Waals surface area contributed by atoms with Crippen molar-refractivity contribution in [3.05, 3.63) is 41.7 Å². The molecule has 2 N–H and O–H groups in total. The van der Waals surface area contributed by atoms with Crippen LogP contribution < -0.4 is 4.72 Å². The molecule has 0 aliphatic heterocycles. The summed E-state index contributed by atoms with van der Waals surface area (Å²) in [6.45, 7) is 3.39. The summed E-state index contributed by atoms with van der Waals surface area (Å²) in [7, 11) is -3.87. The molecule has 120 valence electrons. The van der Waals surface area contributed by atoms with E-state index in [0.29, 0.717) is 12.2 Å². The number of carbonyl (C=O) groups is 1. The molecule has 2 rings (SSSR count). The van der Waals surface area contributed by atoms with Crippen LogP contribution in [0.5, 0.6) is 0 Å². The third-order valence-electron chi connectivity index (χ3n) is 3.04. The van der Waals surface area contributed by atoms with Crippen LogP contribution in [0.3, 0.4) is 0 Å². The quantitative estimate of drug-likeness (QED) is 0.805. The van der Waals surface area contributed by atoms with Crippen LogP contribution in [0.1, 0.15) is 35.9 Å². The van der Waals surface area contributed by atoms with Crippen molar-refractivity contribution in [1.29, 1.82) is 0 Å². The van der Waals surface area contributed by atoms with Crippen molar-refractivity contribution < 1.29 is 27.2 Å². The summed E-state index contributed by atoms with van der Waals surface area (Å²) in [6.07, 6.45) is 2.17. The fourth-order valence-electron chi connectivity index (χ4n) is 2.09. The fraction of sp³-hybridized carbons (Fsp3) is 0.357. The van der Waals surface area contributed by atoms with Crippen molar-refractivity contribution >= 4 is 16.0 Å². The summed E-state index contributed by atoms with van der Waals surface area (Å²) in [5.74, 6) is -0.921. The average molecular weight is 327 g/mol. The van der Waals surface area contributed by atoms with E-state index in [1.807, 2.05) is 0 Å². The Bertz CT molecular complexity index is 744. The van der Waals surface area contributed by atoms with Crippen molar-refractivity contribution in [3.8, 4) is 0 Å². The first kappa shape index (κ1) is 16.3. The molecule has 0 fully saturated rings. The number of nitrogens with one attached hydrogen (secondary N) is 1. The number of hydrogen-bond acceptors (Lipinski definition) is 5. The molecule has 2 heterocycles. The van der Waals surface area contributed by atoms with Crippen molar-refractivity contribution in [2.45, 2.75) is 37.6 Å². The summed E-state index contributed by atoms with van der Waals surface area (Å²) >= 11 is 0. The topological polar surface area (TPSA) is 110 Å². The van der Waals surface area contributed by atoms with Crippen molar-refractivity contribution in [1.82, 2.24) is 4.72 Å². The predicted octanol–water partition coefficient (Wildman–Crippen LogP) is 2.04. The average Bonchev–Trinajstić information content (AvgIpc) is 3.05. The molecule has 0 spiro atoms. The largest absolute Gasteiger partial charge is 0.475 e. The lowest BCUT2D eigenvalue weighted by Gasteiger charge is -2.12. The van der Waals surface area contributed by atoms with Crippen LogP contribution in [-0.4, -0.2) is 25.5 Å². The van der Waals surface area contributed by atoms with Gasteiger partial charge in [-0.05, 0) is 19.1 Å². The molecule has 2 aromatic rings. The first-order chi connectivity index (χ1) is 10.3. The Morgan fingerprint density at radius 1 is 1.45 bits per heavy atom. The maximum atomic E-state index is 12.4. The van der Waals surface area contributed by atoms with Gasteiger partial charge in [0.05, 0.1) is 6.26 Å². The minimum atomic E-state index is -3.87. The second-order valence-electron chi connectivity index (χ2n) is 4.86. The highest BCUT2D eigenvalue weighted by Crippen LogP contribution is 2.22. The molecule has 1 unspecified atom stereocenters. The van der Waals surface area contributed by atoms with Crippen LogP contribution in [0.2, 0.25) is 0 Å². The van der Waals surface area contributed by atoms with Crippen LogP contribution in [0.4, 0.5) is 0 Å². The van der Waals surface area contributed by atoms with E-state index in [9.17, 15) is 13.2 Å². The summed E-state index contributed by atoms with van der Waals surface area (Å²) in [4.78, 5) is 10.8. The Morgan fingerprint density at radius 3 is 2.73 bits per heavy atom. The van der Waals surface area contributed by atoms with Gasteiger partial charge in [0, 0.05) is 24.9 Å². The summed E-state index contributed by atoms with van der Waals surface area (Å²) < 4.78 is 37.5. The van der Waals surface area contributed by atoms with Gasteiger partial charge in [0.2, 0.25) is 15.8 Å². The Morgan fingerprint density at radius 2 is 2.18 bits per heavy atom. The number of sulfonamides is 1. The zero-order valence-corrected chi connectivity index (χ0v) is 13.0. The minimum Gasteiger partial charge on any atom is -0.475 e. The smallest absolute Gasteiger partial charge is 0.371 e. The predicted molar refractivity (Wildman–Crippen MR) is 77.2 cm³/mol. The minimum absolute atomic E-state index is 0.120. The van der Waals surface area contributed by atoms with E-state index in [0.717, 1.165) is 6.07 Å². The molecule has 2 aromatic heterocycles. The van der Waals surface area contributed by atoms with E-state index >= 15 is 0 Å². The molecule has 0 aliphatic carbocycles. The molecule has 0 bridgehead atoms. The molecule has 0 aliphatic rings. The standard InChI is InChI=1S/C14H17NO6S/c1-3-11-13(8-12(21-11)14(16)17)22(18,19)15-9(2)7-10-5-4-6-20-10/h4-6,8-9,15H,3,7H2,1-2H3,(H,16,17). The first-order valence-electron chi connectivity index (χ1n) is 6.74. The van der Waals surface area contributed by atoms with Crippen LogP contribution in [0, 0.1) is 0 Å². The number of rotatable bonds is 7. The lowest BCUT2D eigenvalue weighted by atomic mass is 10.2. The number of furan rings is 2. The molecule has 0 aromatic carbocycles. The summed E-state index contributed by atoms with van der Waals surface area (Å²) in [5.41, 5.74) is 0. The lowest BCUT2D eigenvalue weighted by Crippen LogP contribution is -2.34. The van der Waals surface area contributed by atoms with E-state index in [1.54, 1.807) is 26.0 Å². The molecule has 0 saturated carbocycles. The molecule has 0 saturated heterocycles. The summed E-state index contributed by atoms with van der Waals surface area (Å²) in [5, 5.41) is 8.92. The molecule has 7 nitrogen and oxygen atoms in total. The van der Waals surface area contributed by atoms with E-state index in [4.69, 9.17) is 13.9 Å². The van der Waals surface area contributed by atoms with Gasteiger partial charge in [0.1, 0.15) is 16.4 Å². The highest BCUT2D eigenvalue weighted by Gasteiger charge is 2.26. The fourth-order valence-corrected chi connectivity index (χ4v) is 3.58. The highest BCUT2D eigenvalue weighted by atomic mass is 32.2. The number of hydrogen-bond donors (Lipinski definition) is 2. The second-order valence-corrected chi connectivity index (χ2v) is 6.55. The van der Waals surface area contributed by atoms with Crippen LogP contribution in [0.25, 0.3) is 0 Å². The number of carboxylic acid groups (broad SMARTS) is 1. The van der Waals surface area contributed by atoms with E-state index in [2.05, 4.69) is 4.72 Å². The molecule has 1 atom stereocenters. The van der Waals surface area contributed by atoms with Crippen LogP contribution in [0.15, 0.2) is 38.2 Å². The van der Waals surface area contributed by atoms with Gasteiger partial charge in [-0.25, -0.2) is 17.9 Å². The molecular formula is C14H17NO6S. The summed E-state index contributed by atoms with van der Waals surface area (Å²) in [6, 6.07) is 4.09. The van der Waals surface area contributed by atoms with Gasteiger partial charge >= 0.3 is 5.97 Å². The van der Waals surface area contributed by atoms with E-state index in [-0.39, 0.29) is 17.1 Å². The SMILES string of the molecule is CCc1oc(C(=O)O)cc1S(=O)(=O)NC(C)Cc1ccco1. The van der Waals surface area contributed by atoms with Gasteiger partial charge < -0.3 is 13.9 Å². The van der Waals surface area contributed by atoms with Gasteiger partial charge in [-0.1, -0.05) is 6.92 Å². The molecule has 0 radical (unpaired) electrons. The zero-order chi connectivity index (χ0) is 16.3. The first-order valence-corrected chi connectivity index (χ1v) is 8.22. The van der Waals surface area contributed by atoms with Gasteiger partial charge in [-0.3, -0.25) is 0 Å². The van der Waals surface area contributed by atoms with Crippen LogP contribution >= 0.6 is 0 Å². The third-order valence-corrected chi connectivity index (χ3v) is 4.67. The Kier molecular flexibility index (Phi) is 4.72. The van der Waals surface area contributed by atoms with Gasteiger partial charge in [-0.2, -0.15) is 0 Å². The number of carboxylic acids is 1. The highest BCUT2D eigenvalue weighted by molar-refractivity contribution is 7.89. The zero-order valence-electron chi connectivity index (χ0n) is 12.2. The number of aromatic carboxylic acids is 1. The third kappa shape index (κ3) is 3.58. The Labute approximate surface area is 128 Å². The van der Waals surface area contributed by atoms with Gasteiger partial charge in [-0.15, -0.1) is 0 Å². The maximum Gasteiger partial charge on any atom is 0.371 e. The number of aryl methyl sites for hydroxylation is 1. The Balaban J connectivity index is 2.21. The second kappa shape index (κ2) is 6.37. The Hall–Kier alpha value is -2.06. The van der Waals surface area contributed by atoms with Crippen molar-refractivity contribution in [3.63, 3.8) is 0 Å². The van der Waals surface area contributed by atoms with E-state index < -0.39 is 27.8 Å². The van der Waals surface area contributed by atoms with Gasteiger partial charge in [0.15, 0.2) is 0 Å². The van der Waals surface area contributed by atoms with E-state index in [1.165, 1.54) is 6.26 Å².